The summed E-state index contributed by atoms with van der Waals surface area (Å²) < 4.78 is 16.7. The lowest BCUT2D eigenvalue weighted by atomic mass is 10.0. The third kappa shape index (κ3) is 44.2. The van der Waals surface area contributed by atoms with Crippen molar-refractivity contribution in [2.45, 2.75) is 239 Å². The first-order valence-corrected chi connectivity index (χ1v) is 24.3. The first kappa shape index (κ1) is 55.1. The number of carbonyl (C=O) groups is 3. The van der Waals surface area contributed by atoms with Crippen molar-refractivity contribution in [3.63, 3.8) is 0 Å². The zero-order valence-electron chi connectivity index (χ0n) is 38.0. The Morgan fingerprint density at radius 3 is 1.14 bits per heavy atom. The highest BCUT2D eigenvalue weighted by atomic mass is 16.6. The Morgan fingerprint density at radius 2 is 0.690 bits per heavy atom. The molecular weight excluding hydrogens is 721 g/mol. The van der Waals surface area contributed by atoms with Gasteiger partial charge in [-0.1, -0.05) is 210 Å². The molecule has 0 fully saturated rings. The molecule has 0 amide bonds. The van der Waals surface area contributed by atoms with Gasteiger partial charge in [-0.05, 0) is 64.2 Å². The van der Waals surface area contributed by atoms with E-state index in [0.29, 0.717) is 12.8 Å². The summed E-state index contributed by atoms with van der Waals surface area (Å²) in [5.41, 5.74) is 0. The van der Waals surface area contributed by atoms with E-state index in [4.69, 9.17) is 14.2 Å². The average molecular weight is 811 g/mol. The number of allylic oxidation sites excluding steroid dienone is 10. The van der Waals surface area contributed by atoms with Gasteiger partial charge in [-0.3, -0.25) is 14.4 Å². The molecule has 1 atom stereocenters. The van der Waals surface area contributed by atoms with Crippen molar-refractivity contribution in [3.8, 4) is 0 Å². The molecule has 0 aromatic carbocycles. The summed E-state index contributed by atoms with van der Waals surface area (Å²) >= 11 is 0. The maximum atomic E-state index is 12.7. The number of esters is 3. The molecule has 58 heavy (non-hydrogen) atoms. The van der Waals surface area contributed by atoms with Gasteiger partial charge in [0.15, 0.2) is 6.10 Å². The number of unbranched alkanes of at least 4 members (excludes halogenated alkanes) is 25. The van der Waals surface area contributed by atoms with Crippen molar-refractivity contribution in [1.82, 2.24) is 0 Å². The Labute approximate surface area is 358 Å². The fourth-order valence-corrected chi connectivity index (χ4v) is 6.68. The molecule has 0 spiro atoms. The number of rotatable bonds is 43. The first-order valence-electron chi connectivity index (χ1n) is 24.3. The largest absolute Gasteiger partial charge is 0.462 e. The highest BCUT2D eigenvalue weighted by Crippen LogP contribution is 2.14. The summed E-state index contributed by atoms with van der Waals surface area (Å²) in [5.74, 6) is -0.933. The van der Waals surface area contributed by atoms with Crippen LogP contribution in [0, 0.1) is 0 Å². The van der Waals surface area contributed by atoms with Crippen LogP contribution in [0.15, 0.2) is 60.8 Å². The van der Waals surface area contributed by atoms with Crippen LogP contribution in [-0.2, 0) is 28.6 Å². The predicted molar refractivity (Wildman–Crippen MR) is 247 cm³/mol. The number of hydrogen-bond donors (Lipinski definition) is 0. The average Bonchev–Trinajstić information content (AvgIpc) is 3.22. The van der Waals surface area contributed by atoms with Gasteiger partial charge in [0.25, 0.3) is 0 Å². The summed E-state index contributed by atoms with van der Waals surface area (Å²) in [5, 5.41) is 0. The number of carbonyl (C=O) groups excluding carboxylic acids is 3. The molecule has 0 aromatic rings. The van der Waals surface area contributed by atoms with Crippen molar-refractivity contribution in [2.75, 3.05) is 13.2 Å². The van der Waals surface area contributed by atoms with Crippen LogP contribution in [0.25, 0.3) is 0 Å². The molecular formula is C52H90O6. The van der Waals surface area contributed by atoms with Crippen LogP contribution in [0.5, 0.6) is 0 Å². The monoisotopic (exact) mass is 811 g/mol. The lowest BCUT2D eigenvalue weighted by molar-refractivity contribution is -0.167. The highest BCUT2D eigenvalue weighted by molar-refractivity contribution is 5.71. The normalized spacial score (nSPS) is 12.5. The third-order valence-corrected chi connectivity index (χ3v) is 10.4. The van der Waals surface area contributed by atoms with E-state index in [1.807, 2.05) is 36.5 Å². The molecule has 6 heteroatoms. The quantitative estimate of drug-likeness (QED) is 0.0201. The summed E-state index contributed by atoms with van der Waals surface area (Å²) in [6.45, 7) is 6.44. The molecule has 6 nitrogen and oxygen atoms in total. The van der Waals surface area contributed by atoms with E-state index in [-0.39, 0.29) is 37.5 Å². The third-order valence-electron chi connectivity index (χ3n) is 10.4. The van der Waals surface area contributed by atoms with E-state index < -0.39 is 6.10 Å². The van der Waals surface area contributed by atoms with Gasteiger partial charge in [0.2, 0.25) is 0 Å². The van der Waals surface area contributed by atoms with Crippen LogP contribution in [0.1, 0.15) is 233 Å². The Bertz CT molecular complexity index is 1070. The fraction of sp³-hybridized carbons (Fsp3) is 0.750. The SMILES string of the molecule is CC\C=C/C=C\C=C/C=C\CCCCCC(=O)OC(COC(=O)CCCCCCCCC/C=C\CCCCCC)COC(=O)CCCCCCCCCCCCCC. The summed E-state index contributed by atoms with van der Waals surface area (Å²) in [6, 6.07) is 0. The minimum absolute atomic E-state index is 0.0900. The zero-order valence-corrected chi connectivity index (χ0v) is 38.0. The van der Waals surface area contributed by atoms with Gasteiger partial charge >= 0.3 is 17.9 Å². The summed E-state index contributed by atoms with van der Waals surface area (Å²) in [6.07, 6.45) is 56.3. The smallest absolute Gasteiger partial charge is 0.306 e. The lowest BCUT2D eigenvalue weighted by Gasteiger charge is -2.18. The van der Waals surface area contributed by atoms with Crippen molar-refractivity contribution < 1.29 is 28.6 Å². The second-order valence-corrected chi connectivity index (χ2v) is 16.1. The maximum absolute atomic E-state index is 12.7. The Hall–Kier alpha value is -2.89. The van der Waals surface area contributed by atoms with E-state index in [1.165, 1.54) is 122 Å². The molecule has 0 saturated carbocycles. The van der Waals surface area contributed by atoms with Crippen LogP contribution in [0.4, 0.5) is 0 Å². The van der Waals surface area contributed by atoms with Crippen LogP contribution < -0.4 is 0 Å². The minimum Gasteiger partial charge on any atom is -0.462 e. The highest BCUT2D eigenvalue weighted by Gasteiger charge is 2.19. The molecule has 334 valence electrons. The second kappa shape index (κ2) is 46.8. The Balaban J connectivity index is 4.43. The molecule has 0 radical (unpaired) electrons. The molecule has 0 aliphatic carbocycles. The van der Waals surface area contributed by atoms with Crippen molar-refractivity contribution in [2.24, 2.45) is 0 Å². The molecule has 0 rings (SSSR count). The molecule has 0 aliphatic heterocycles. The second-order valence-electron chi connectivity index (χ2n) is 16.1. The van der Waals surface area contributed by atoms with E-state index in [9.17, 15) is 14.4 Å². The number of hydrogen-bond acceptors (Lipinski definition) is 6. The zero-order chi connectivity index (χ0) is 42.3. The van der Waals surface area contributed by atoms with Gasteiger partial charge in [-0.2, -0.15) is 0 Å². The topological polar surface area (TPSA) is 78.9 Å². The Morgan fingerprint density at radius 1 is 0.362 bits per heavy atom. The van der Waals surface area contributed by atoms with Crippen molar-refractivity contribution >= 4 is 17.9 Å². The van der Waals surface area contributed by atoms with E-state index >= 15 is 0 Å². The minimum atomic E-state index is -0.792. The molecule has 0 N–H and O–H groups in total. The van der Waals surface area contributed by atoms with Crippen LogP contribution in [-0.4, -0.2) is 37.2 Å². The molecule has 0 bridgehead atoms. The van der Waals surface area contributed by atoms with Crippen LogP contribution in [0.3, 0.4) is 0 Å². The van der Waals surface area contributed by atoms with E-state index in [2.05, 4.69) is 45.1 Å². The van der Waals surface area contributed by atoms with Crippen molar-refractivity contribution in [3.05, 3.63) is 60.8 Å². The maximum Gasteiger partial charge on any atom is 0.306 e. The van der Waals surface area contributed by atoms with Gasteiger partial charge < -0.3 is 14.2 Å². The van der Waals surface area contributed by atoms with Crippen LogP contribution in [0.2, 0.25) is 0 Å². The molecule has 0 aromatic heterocycles. The molecule has 0 aliphatic rings. The lowest BCUT2D eigenvalue weighted by Crippen LogP contribution is -2.30. The first-order chi connectivity index (χ1) is 28.5. The molecule has 0 saturated heterocycles. The van der Waals surface area contributed by atoms with Gasteiger partial charge in [0.1, 0.15) is 13.2 Å². The van der Waals surface area contributed by atoms with Gasteiger partial charge in [0, 0.05) is 19.3 Å². The standard InChI is InChI=1S/C52H90O6/c1-4-7-10-13-16-19-22-25-26-28-30-33-36-39-42-45-51(54)57-48-49(47-56-50(53)44-41-38-35-32-29-24-21-18-15-12-9-6-3)58-52(55)46-43-40-37-34-31-27-23-20-17-14-11-8-5-2/h8,11,14,17,19-20,22-23,27,31,49H,4-7,9-10,12-13,15-16,18,21,24-26,28-30,32-48H2,1-3H3/b11-8-,17-14-,22-19-,23-20-,31-27-. The van der Waals surface area contributed by atoms with Gasteiger partial charge in [0.05, 0.1) is 0 Å². The summed E-state index contributed by atoms with van der Waals surface area (Å²) in [4.78, 5) is 37.8. The fourth-order valence-electron chi connectivity index (χ4n) is 6.68. The van der Waals surface area contributed by atoms with Gasteiger partial charge in [-0.25, -0.2) is 0 Å². The van der Waals surface area contributed by atoms with Gasteiger partial charge in [-0.15, -0.1) is 0 Å². The van der Waals surface area contributed by atoms with Crippen LogP contribution >= 0.6 is 0 Å². The molecule has 0 heterocycles. The van der Waals surface area contributed by atoms with Crippen molar-refractivity contribution in [1.29, 1.82) is 0 Å². The Kier molecular flexibility index (Phi) is 44.5. The number of ether oxygens (including phenoxy) is 3. The summed E-state index contributed by atoms with van der Waals surface area (Å²) in [7, 11) is 0. The molecule has 1 unspecified atom stereocenters. The van der Waals surface area contributed by atoms with E-state index in [0.717, 1.165) is 70.6 Å². The predicted octanol–water partition coefficient (Wildman–Crippen LogP) is 15.7. The van der Waals surface area contributed by atoms with E-state index in [1.54, 1.807) is 0 Å².